The van der Waals surface area contributed by atoms with Crippen LogP contribution in [0.1, 0.15) is 41.8 Å². The van der Waals surface area contributed by atoms with Crippen molar-refractivity contribution in [2.75, 3.05) is 13.1 Å². The first-order valence-corrected chi connectivity index (χ1v) is 6.85. The number of β-amino-alcohol motifs (C(OH)–C–C–N with tert-alkyl or cyclic N) is 1. The highest BCUT2D eigenvalue weighted by Gasteiger charge is 2.41. The van der Waals surface area contributed by atoms with Gasteiger partial charge in [0.1, 0.15) is 6.04 Å². The topological polar surface area (TPSA) is 129 Å². The number of carbonyl (C=O) groups excluding carboxylic acids is 1. The lowest BCUT2D eigenvalue weighted by molar-refractivity contribution is -0.141. The number of nitrogens with zero attached hydrogens (tertiary/aromatic N) is 3. The van der Waals surface area contributed by atoms with Crippen LogP contribution in [0.4, 0.5) is 0 Å². The van der Waals surface area contributed by atoms with Crippen LogP contribution in [0.25, 0.3) is 0 Å². The van der Waals surface area contributed by atoms with Crippen LogP contribution in [-0.4, -0.2) is 62.4 Å². The second kappa shape index (κ2) is 5.41. The largest absolute Gasteiger partial charge is 0.480 e. The second-order valence-electron chi connectivity index (χ2n) is 5.31. The Bertz CT molecular complexity index is 554. The number of aliphatic carboxylic acids is 1. The smallest absolute Gasteiger partial charge is 0.326 e. The lowest BCUT2D eigenvalue weighted by atomic mass is 10.2. The van der Waals surface area contributed by atoms with Crippen LogP contribution in [-0.2, 0) is 4.79 Å². The average Bonchev–Trinajstić information content (AvgIpc) is 3.17. The molecule has 1 aromatic rings. The first-order valence-electron chi connectivity index (χ1n) is 6.85. The van der Waals surface area contributed by atoms with Crippen LogP contribution in [0.2, 0.25) is 0 Å². The van der Waals surface area contributed by atoms with E-state index >= 15 is 0 Å². The van der Waals surface area contributed by atoms with Crippen molar-refractivity contribution >= 4 is 11.9 Å². The van der Waals surface area contributed by atoms with E-state index in [4.69, 9.17) is 9.63 Å². The van der Waals surface area contributed by atoms with Gasteiger partial charge in [-0.05, 0) is 19.4 Å². The molecule has 2 fully saturated rings. The summed E-state index contributed by atoms with van der Waals surface area (Å²) in [5.41, 5.74) is 0. The SMILES string of the molecule is O=C(O)C1CC(O)CN1C(=O)c1noc(C2CCCN2)n1. The summed E-state index contributed by atoms with van der Waals surface area (Å²) in [5, 5.41) is 25.5. The molecule has 1 aromatic heterocycles. The molecule has 3 N–H and O–H groups in total. The number of carboxylic acid groups (broad SMARTS) is 1. The van der Waals surface area contributed by atoms with Crippen LogP contribution in [0.5, 0.6) is 0 Å². The van der Waals surface area contributed by atoms with E-state index in [0.717, 1.165) is 24.3 Å². The van der Waals surface area contributed by atoms with Gasteiger partial charge in [-0.25, -0.2) is 4.79 Å². The molecule has 3 heterocycles. The predicted molar refractivity (Wildman–Crippen MR) is 67.4 cm³/mol. The first kappa shape index (κ1) is 14.0. The summed E-state index contributed by atoms with van der Waals surface area (Å²) in [5.74, 6) is -1.62. The van der Waals surface area contributed by atoms with E-state index in [-0.39, 0.29) is 24.8 Å². The summed E-state index contributed by atoms with van der Waals surface area (Å²) >= 11 is 0. The van der Waals surface area contributed by atoms with Crippen molar-refractivity contribution in [1.29, 1.82) is 0 Å². The molecule has 21 heavy (non-hydrogen) atoms. The van der Waals surface area contributed by atoms with Gasteiger partial charge in [-0.15, -0.1) is 0 Å². The number of amides is 1. The minimum absolute atomic E-state index is 0.00988. The minimum atomic E-state index is -1.15. The zero-order valence-electron chi connectivity index (χ0n) is 11.2. The third kappa shape index (κ3) is 2.61. The van der Waals surface area contributed by atoms with E-state index in [1.54, 1.807) is 0 Å². The van der Waals surface area contributed by atoms with Crippen molar-refractivity contribution in [2.45, 2.75) is 37.5 Å². The van der Waals surface area contributed by atoms with E-state index in [1.807, 2.05) is 0 Å². The Labute approximate surface area is 119 Å². The lowest BCUT2D eigenvalue weighted by Crippen LogP contribution is -2.41. The van der Waals surface area contributed by atoms with Crippen LogP contribution >= 0.6 is 0 Å². The Morgan fingerprint density at radius 3 is 2.90 bits per heavy atom. The molecule has 3 unspecified atom stereocenters. The Morgan fingerprint density at radius 2 is 2.24 bits per heavy atom. The molecule has 9 nitrogen and oxygen atoms in total. The molecule has 3 atom stereocenters. The molecule has 2 saturated heterocycles. The number of aliphatic hydroxyl groups excluding tert-OH is 1. The molecule has 2 aliphatic heterocycles. The summed E-state index contributed by atoms with van der Waals surface area (Å²) in [6, 6.07) is -1.11. The van der Waals surface area contributed by atoms with Crippen LogP contribution in [0.15, 0.2) is 4.52 Å². The fraction of sp³-hybridized carbons (Fsp3) is 0.667. The van der Waals surface area contributed by atoms with Crippen molar-refractivity contribution in [1.82, 2.24) is 20.4 Å². The van der Waals surface area contributed by atoms with E-state index in [0.29, 0.717) is 5.89 Å². The van der Waals surface area contributed by atoms with Crippen molar-refractivity contribution in [3.8, 4) is 0 Å². The number of carbonyl (C=O) groups is 2. The van der Waals surface area contributed by atoms with E-state index in [1.165, 1.54) is 0 Å². The molecule has 114 valence electrons. The number of hydrogen-bond donors (Lipinski definition) is 3. The van der Waals surface area contributed by atoms with Crippen molar-refractivity contribution in [3.05, 3.63) is 11.7 Å². The average molecular weight is 296 g/mol. The molecule has 3 rings (SSSR count). The van der Waals surface area contributed by atoms with Gasteiger partial charge in [-0.3, -0.25) is 4.79 Å². The molecule has 2 aliphatic rings. The van der Waals surface area contributed by atoms with Gasteiger partial charge in [0.25, 0.3) is 11.7 Å². The lowest BCUT2D eigenvalue weighted by Gasteiger charge is -2.18. The number of hydrogen-bond acceptors (Lipinski definition) is 7. The van der Waals surface area contributed by atoms with Crippen LogP contribution in [0.3, 0.4) is 0 Å². The molecule has 0 radical (unpaired) electrons. The second-order valence-corrected chi connectivity index (χ2v) is 5.31. The number of carboxylic acids is 1. The highest BCUT2D eigenvalue weighted by molar-refractivity contribution is 5.93. The van der Waals surface area contributed by atoms with E-state index in [9.17, 15) is 14.7 Å². The molecule has 0 aromatic carbocycles. The van der Waals surface area contributed by atoms with Gasteiger partial charge in [-0.1, -0.05) is 5.16 Å². The monoisotopic (exact) mass is 296 g/mol. The zero-order chi connectivity index (χ0) is 15.0. The number of likely N-dealkylation sites (tertiary alicyclic amines) is 1. The van der Waals surface area contributed by atoms with E-state index < -0.39 is 24.0 Å². The first-order chi connectivity index (χ1) is 10.1. The Hall–Kier alpha value is -2.00. The van der Waals surface area contributed by atoms with Crippen LogP contribution < -0.4 is 5.32 Å². The molecular formula is C12H16N4O5. The van der Waals surface area contributed by atoms with Crippen molar-refractivity contribution < 1.29 is 24.3 Å². The maximum Gasteiger partial charge on any atom is 0.326 e. The van der Waals surface area contributed by atoms with Crippen LogP contribution in [0, 0.1) is 0 Å². The summed E-state index contributed by atoms with van der Waals surface area (Å²) < 4.78 is 5.07. The Kier molecular flexibility index (Phi) is 3.60. The molecule has 1 amide bonds. The van der Waals surface area contributed by atoms with Gasteiger partial charge in [0.2, 0.25) is 5.89 Å². The van der Waals surface area contributed by atoms with Gasteiger partial charge in [-0.2, -0.15) is 4.98 Å². The van der Waals surface area contributed by atoms with Crippen molar-refractivity contribution in [2.24, 2.45) is 0 Å². The molecule has 0 bridgehead atoms. The maximum atomic E-state index is 12.3. The minimum Gasteiger partial charge on any atom is -0.480 e. The predicted octanol–water partition coefficient (Wildman–Crippen LogP) is -0.846. The van der Waals surface area contributed by atoms with E-state index in [2.05, 4.69) is 15.5 Å². The number of aliphatic hydroxyl groups is 1. The molecule has 0 spiro atoms. The van der Waals surface area contributed by atoms with Gasteiger partial charge in [0, 0.05) is 13.0 Å². The number of aromatic nitrogens is 2. The maximum absolute atomic E-state index is 12.3. The molecule has 0 saturated carbocycles. The standard InChI is InChI=1S/C12H16N4O5/c17-6-4-8(12(19)20)16(5-6)11(18)9-14-10(21-15-9)7-2-1-3-13-7/h6-8,13,17H,1-5H2,(H,19,20). The molecular weight excluding hydrogens is 280 g/mol. The van der Waals surface area contributed by atoms with Crippen molar-refractivity contribution in [3.63, 3.8) is 0 Å². The fourth-order valence-corrected chi connectivity index (χ4v) is 2.76. The quantitative estimate of drug-likeness (QED) is 0.658. The molecule has 0 aliphatic carbocycles. The van der Waals surface area contributed by atoms with Gasteiger partial charge < -0.3 is 25.0 Å². The van der Waals surface area contributed by atoms with Gasteiger partial charge in [0.05, 0.1) is 12.1 Å². The highest BCUT2D eigenvalue weighted by Crippen LogP contribution is 2.23. The Balaban J connectivity index is 1.76. The number of nitrogens with one attached hydrogen (secondary N) is 1. The highest BCUT2D eigenvalue weighted by atomic mass is 16.5. The normalized spacial score (nSPS) is 29.0. The van der Waals surface area contributed by atoms with Gasteiger partial charge in [0.15, 0.2) is 0 Å². The summed E-state index contributed by atoms with van der Waals surface area (Å²) in [7, 11) is 0. The molecule has 9 heteroatoms. The Morgan fingerprint density at radius 1 is 1.43 bits per heavy atom. The fourth-order valence-electron chi connectivity index (χ4n) is 2.76. The number of rotatable bonds is 3. The van der Waals surface area contributed by atoms with Gasteiger partial charge >= 0.3 is 5.97 Å². The summed E-state index contributed by atoms with van der Waals surface area (Å²) in [6.45, 7) is 0.817. The third-order valence-corrected chi connectivity index (χ3v) is 3.82. The zero-order valence-corrected chi connectivity index (χ0v) is 11.2. The summed E-state index contributed by atoms with van der Waals surface area (Å²) in [4.78, 5) is 28.5. The third-order valence-electron chi connectivity index (χ3n) is 3.82. The summed E-state index contributed by atoms with van der Waals surface area (Å²) in [6.07, 6.45) is 1.01.